The highest BCUT2D eigenvalue weighted by Gasteiger charge is 2.69. The van der Waals surface area contributed by atoms with E-state index in [0.717, 1.165) is 21.9 Å². The number of aromatic nitrogens is 1. The lowest BCUT2D eigenvalue weighted by molar-refractivity contribution is -0.142. The van der Waals surface area contributed by atoms with Crippen LogP contribution in [0.25, 0.3) is 0 Å². The fourth-order valence-corrected chi connectivity index (χ4v) is 10.1. The molecule has 4 aliphatic rings. The summed E-state index contributed by atoms with van der Waals surface area (Å²) in [7, 11) is 0. The number of hydrogen-bond donors (Lipinski definition) is 2. The molecule has 1 aromatic carbocycles. The van der Waals surface area contributed by atoms with Crippen molar-refractivity contribution < 1.29 is 19.5 Å². The number of amides is 2. The van der Waals surface area contributed by atoms with E-state index in [0.29, 0.717) is 0 Å². The number of thiazole rings is 1. The lowest BCUT2D eigenvalue weighted by atomic mass is 9.68. The summed E-state index contributed by atoms with van der Waals surface area (Å²) in [4.78, 5) is 55.6. The number of likely N-dealkylation sites (tertiary alicyclic amines) is 1. The molecular weight excluding hydrogens is 496 g/mol. The molecule has 0 spiro atoms. The number of nitrogens with one attached hydrogen (secondary N) is 1. The summed E-state index contributed by atoms with van der Waals surface area (Å²) in [5.41, 5.74) is 2.44. The molecule has 2 bridgehead atoms. The van der Waals surface area contributed by atoms with Crippen LogP contribution in [0.5, 0.6) is 0 Å². The zero-order valence-electron chi connectivity index (χ0n) is 20.5. The van der Waals surface area contributed by atoms with Gasteiger partial charge in [0.15, 0.2) is 0 Å². The van der Waals surface area contributed by atoms with Crippen LogP contribution >= 0.6 is 23.1 Å². The predicted molar refractivity (Wildman–Crippen MR) is 137 cm³/mol. The SMILES string of the molecule is CC(C)(C)c1ccc([C@H]2c3sc(=O)[nH]c3S[C@@H]3[C@@H]4C[C@H]([C@H]5C(=O)N(CCCC(=O)O)C(=O)[C@H]45)[C@H]23)cc1. The molecule has 190 valence electrons. The normalized spacial score (nSPS) is 32.5. The van der Waals surface area contributed by atoms with Gasteiger partial charge in [0.05, 0.1) is 16.9 Å². The molecular formula is C27H30N2O5S2. The molecule has 36 heavy (non-hydrogen) atoms. The molecule has 2 amide bonds. The average Bonchev–Trinajstić information content (AvgIpc) is 3.53. The molecule has 3 fully saturated rings. The van der Waals surface area contributed by atoms with Gasteiger partial charge in [-0.05, 0) is 47.1 Å². The van der Waals surface area contributed by atoms with Crippen LogP contribution in [0, 0.1) is 29.6 Å². The molecule has 2 aromatic rings. The van der Waals surface area contributed by atoms with Gasteiger partial charge in [0, 0.05) is 29.0 Å². The zero-order valence-corrected chi connectivity index (χ0v) is 22.2. The molecule has 6 rings (SSSR count). The molecule has 1 aromatic heterocycles. The summed E-state index contributed by atoms with van der Waals surface area (Å²) >= 11 is 2.96. The molecule has 2 saturated carbocycles. The van der Waals surface area contributed by atoms with Gasteiger partial charge in [-0.2, -0.15) is 0 Å². The number of carbonyl (C=O) groups excluding carboxylic acids is 2. The predicted octanol–water partition coefficient (Wildman–Crippen LogP) is 4.07. The fourth-order valence-electron chi connectivity index (χ4n) is 7.25. The van der Waals surface area contributed by atoms with Crippen molar-refractivity contribution in [3.63, 3.8) is 0 Å². The Kier molecular flexibility index (Phi) is 5.54. The van der Waals surface area contributed by atoms with E-state index in [9.17, 15) is 19.2 Å². The highest BCUT2D eigenvalue weighted by atomic mass is 32.2. The Balaban J connectivity index is 1.36. The van der Waals surface area contributed by atoms with E-state index in [1.54, 1.807) is 11.8 Å². The number of hydrogen-bond acceptors (Lipinski definition) is 6. The number of imide groups is 1. The maximum absolute atomic E-state index is 13.5. The molecule has 2 aliphatic carbocycles. The first kappa shape index (κ1) is 24.0. The van der Waals surface area contributed by atoms with Crippen molar-refractivity contribution in [1.82, 2.24) is 9.88 Å². The summed E-state index contributed by atoms with van der Waals surface area (Å²) in [5.74, 6) is -1.46. The number of rotatable bonds is 5. The topological polar surface area (TPSA) is 108 Å². The molecule has 7 nitrogen and oxygen atoms in total. The molecule has 3 heterocycles. The zero-order chi connectivity index (χ0) is 25.5. The lowest BCUT2D eigenvalue weighted by Gasteiger charge is -2.43. The maximum Gasteiger partial charge on any atom is 0.305 e. The van der Waals surface area contributed by atoms with Crippen molar-refractivity contribution in [2.24, 2.45) is 29.6 Å². The summed E-state index contributed by atoms with van der Waals surface area (Å²) in [6.45, 7) is 6.74. The minimum Gasteiger partial charge on any atom is -0.481 e. The number of nitrogens with zero attached hydrogens (tertiary/aromatic N) is 1. The largest absolute Gasteiger partial charge is 0.481 e. The van der Waals surface area contributed by atoms with Crippen LogP contribution < -0.4 is 4.87 Å². The monoisotopic (exact) mass is 526 g/mol. The minimum atomic E-state index is -0.919. The first-order chi connectivity index (χ1) is 17.1. The van der Waals surface area contributed by atoms with Crippen LogP contribution in [0.4, 0.5) is 0 Å². The van der Waals surface area contributed by atoms with E-state index in [1.165, 1.54) is 21.8 Å². The third-order valence-corrected chi connectivity index (χ3v) is 11.3. The van der Waals surface area contributed by atoms with E-state index in [2.05, 4.69) is 50.0 Å². The van der Waals surface area contributed by atoms with Crippen LogP contribution in [0.1, 0.15) is 62.0 Å². The first-order valence-electron chi connectivity index (χ1n) is 12.6. The van der Waals surface area contributed by atoms with E-state index >= 15 is 0 Å². The van der Waals surface area contributed by atoms with Crippen molar-refractivity contribution in [1.29, 1.82) is 0 Å². The highest BCUT2D eigenvalue weighted by Crippen LogP contribution is 2.68. The molecule has 1 saturated heterocycles. The van der Waals surface area contributed by atoms with Crippen molar-refractivity contribution in [2.75, 3.05) is 6.54 Å². The van der Waals surface area contributed by atoms with Gasteiger partial charge in [-0.15, -0.1) is 11.8 Å². The second-order valence-electron chi connectivity index (χ2n) is 11.7. The molecule has 0 radical (unpaired) electrons. The summed E-state index contributed by atoms with van der Waals surface area (Å²) < 4.78 is 0. The van der Waals surface area contributed by atoms with E-state index < -0.39 is 5.97 Å². The second kappa shape index (κ2) is 8.31. The van der Waals surface area contributed by atoms with Crippen molar-refractivity contribution in [3.8, 4) is 0 Å². The summed E-state index contributed by atoms with van der Waals surface area (Å²) in [5, 5.41) is 10.1. The fraction of sp³-hybridized carbons (Fsp3) is 0.556. The Morgan fingerprint density at radius 1 is 1.08 bits per heavy atom. The summed E-state index contributed by atoms with van der Waals surface area (Å²) in [6, 6.07) is 8.70. The highest BCUT2D eigenvalue weighted by molar-refractivity contribution is 8.00. The van der Waals surface area contributed by atoms with Gasteiger partial charge in [-0.1, -0.05) is 56.4 Å². The van der Waals surface area contributed by atoms with Crippen LogP contribution in [-0.2, 0) is 19.8 Å². The number of thioether (sulfide) groups is 1. The molecule has 9 heteroatoms. The van der Waals surface area contributed by atoms with Gasteiger partial charge < -0.3 is 10.1 Å². The molecule has 2 aliphatic heterocycles. The Hall–Kier alpha value is -2.39. The van der Waals surface area contributed by atoms with Crippen LogP contribution in [0.2, 0.25) is 0 Å². The van der Waals surface area contributed by atoms with Gasteiger partial charge in [0.2, 0.25) is 11.8 Å². The number of aromatic amines is 1. The Bertz CT molecular complexity index is 1310. The minimum absolute atomic E-state index is 0.0177. The van der Waals surface area contributed by atoms with E-state index in [4.69, 9.17) is 5.11 Å². The third-order valence-electron chi connectivity index (χ3n) is 8.72. The second-order valence-corrected chi connectivity index (χ2v) is 13.9. The number of aliphatic carboxylic acids is 1. The Labute approximate surface area is 217 Å². The third kappa shape index (κ3) is 3.53. The lowest BCUT2D eigenvalue weighted by Crippen LogP contribution is -2.42. The molecule has 2 N–H and O–H groups in total. The number of carboxylic acid groups (broad SMARTS) is 1. The standard InChI is InChI=1S/C27H30N2O5S2/c1-27(2,3)13-8-6-12(7-9-13)17-18-14-11-15(21(18)35-23-22(17)36-26(34)28-23)20-19(14)24(32)29(25(20)33)10-4-5-16(30)31/h6-9,14-15,17-21H,4-5,10-11H2,1-3H3,(H,28,34)(H,30,31)/t14-,15+,17+,18+,19+,20+,21+/m0/s1. The maximum atomic E-state index is 13.5. The van der Waals surface area contributed by atoms with Gasteiger partial charge in [-0.25, -0.2) is 0 Å². The molecule has 7 atom stereocenters. The Morgan fingerprint density at radius 2 is 1.75 bits per heavy atom. The van der Waals surface area contributed by atoms with Crippen LogP contribution in [0.15, 0.2) is 34.1 Å². The first-order valence-corrected chi connectivity index (χ1v) is 14.3. The van der Waals surface area contributed by atoms with E-state index in [1.807, 2.05) is 0 Å². The summed E-state index contributed by atoms with van der Waals surface area (Å²) in [6.07, 6.45) is 1.08. The number of benzene rings is 1. The van der Waals surface area contributed by atoms with E-state index in [-0.39, 0.29) is 82.2 Å². The quantitative estimate of drug-likeness (QED) is 0.569. The van der Waals surface area contributed by atoms with Crippen LogP contribution in [-0.4, -0.2) is 44.6 Å². The Morgan fingerprint density at radius 3 is 2.39 bits per heavy atom. The van der Waals surface area contributed by atoms with Crippen molar-refractivity contribution >= 4 is 40.9 Å². The van der Waals surface area contributed by atoms with Gasteiger partial charge in [-0.3, -0.25) is 24.1 Å². The smallest absolute Gasteiger partial charge is 0.305 e. The van der Waals surface area contributed by atoms with Gasteiger partial charge in [0.1, 0.15) is 0 Å². The number of carboxylic acids is 1. The number of H-pyrrole nitrogens is 1. The van der Waals surface area contributed by atoms with Gasteiger partial charge in [0.25, 0.3) is 0 Å². The number of carbonyl (C=O) groups is 3. The molecule has 0 unspecified atom stereocenters. The number of fused-ring (bicyclic) bond motifs is 9. The average molecular weight is 527 g/mol. The van der Waals surface area contributed by atoms with Crippen molar-refractivity contribution in [2.45, 2.75) is 61.6 Å². The van der Waals surface area contributed by atoms with Gasteiger partial charge >= 0.3 is 10.8 Å². The van der Waals surface area contributed by atoms with Crippen molar-refractivity contribution in [3.05, 3.63) is 49.9 Å². The van der Waals surface area contributed by atoms with Crippen LogP contribution in [0.3, 0.4) is 0 Å².